The van der Waals surface area contributed by atoms with E-state index in [1.54, 1.807) is 24.3 Å². The first-order chi connectivity index (χ1) is 18.1. The minimum Gasteiger partial charge on any atom is -0.465 e. The average molecular weight is 548 g/mol. The Morgan fingerprint density at radius 2 is 1.61 bits per heavy atom. The zero-order chi connectivity index (χ0) is 27.3. The van der Waals surface area contributed by atoms with Gasteiger partial charge in [-0.2, -0.15) is 0 Å². The molecular formula is C23H29N6O8P. The topological polar surface area (TPSA) is 186 Å². The predicted molar refractivity (Wildman–Crippen MR) is 135 cm³/mol. The van der Waals surface area contributed by atoms with Crippen molar-refractivity contribution < 1.29 is 38.6 Å². The number of carbonyl (C=O) groups is 3. The lowest BCUT2D eigenvalue weighted by molar-refractivity contribution is -0.134. The van der Waals surface area contributed by atoms with Gasteiger partial charge in [0.2, 0.25) is 5.91 Å². The fourth-order valence-corrected chi connectivity index (χ4v) is 4.94. The zero-order valence-electron chi connectivity index (χ0n) is 20.5. The normalized spacial score (nSPS) is 17.2. The fraction of sp³-hybridized carbons (Fsp3) is 0.435. The van der Waals surface area contributed by atoms with Gasteiger partial charge in [-0.3, -0.25) is 14.2 Å². The number of nitrogens with zero attached hydrogens (tertiary/aromatic N) is 5. The Bertz CT molecular complexity index is 1210. The van der Waals surface area contributed by atoms with Gasteiger partial charge >= 0.3 is 13.7 Å². The number of benzene rings is 1. The monoisotopic (exact) mass is 548 g/mol. The largest absolute Gasteiger partial charge is 0.465 e. The molecule has 0 spiro atoms. The van der Waals surface area contributed by atoms with Gasteiger partial charge < -0.3 is 39.6 Å². The molecule has 0 unspecified atom stereocenters. The van der Waals surface area contributed by atoms with Crippen molar-refractivity contribution in [1.29, 1.82) is 0 Å². The van der Waals surface area contributed by atoms with E-state index in [9.17, 15) is 28.7 Å². The Morgan fingerprint density at radius 3 is 2.21 bits per heavy atom. The molecule has 2 saturated heterocycles. The number of carboxylic acid groups (broad SMARTS) is 1. The molecule has 204 valence electrons. The Labute approximate surface area is 218 Å². The van der Waals surface area contributed by atoms with Crippen LogP contribution in [-0.4, -0.2) is 117 Å². The van der Waals surface area contributed by atoms with Gasteiger partial charge in [-0.15, -0.1) is 0 Å². The summed E-state index contributed by atoms with van der Waals surface area (Å²) in [5, 5.41) is 11.6. The Morgan fingerprint density at radius 1 is 0.974 bits per heavy atom. The summed E-state index contributed by atoms with van der Waals surface area (Å²) in [5.74, 6) is -0.745. The molecule has 0 saturated carbocycles. The smallest absolute Gasteiger partial charge is 0.407 e. The maximum absolute atomic E-state index is 13.3. The van der Waals surface area contributed by atoms with Gasteiger partial charge in [-0.05, 0) is 0 Å². The number of aromatic nitrogens is 2. The summed E-state index contributed by atoms with van der Waals surface area (Å²) in [4.78, 5) is 70.2. The number of ether oxygens (including phenoxy) is 1. The molecule has 0 radical (unpaired) electrons. The molecule has 1 aromatic carbocycles. The highest BCUT2D eigenvalue weighted by molar-refractivity contribution is 7.51. The molecule has 4 N–H and O–H groups in total. The quantitative estimate of drug-likeness (QED) is 0.343. The molecule has 1 atom stereocenters. The summed E-state index contributed by atoms with van der Waals surface area (Å²) in [5.41, 5.74) is 0.593. The molecule has 2 aliphatic heterocycles. The number of carbonyl (C=O) groups excluding carboxylic acids is 2. The number of nitrogens with one attached hydrogen (secondary N) is 1. The first-order valence-electron chi connectivity index (χ1n) is 12.0. The molecule has 14 nitrogen and oxygen atoms in total. The van der Waals surface area contributed by atoms with Crippen molar-refractivity contribution in [3.63, 3.8) is 0 Å². The molecule has 0 aliphatic carbocycles. The number of morpholine rings is 1. The van der Waals surface area contributed by atoms with Gasteiger partial charge in [-0.25, -0.2) is 14.8 Å². The van der Waals surface area contributed by atoms with Crippen molar-refractivity contribution in [2.24, 2.45) is 0 Å². The lowest BCUT2D eigenvalue weighted by atomic mass is 10.2. The van der Waals surface area contributed by atoms with Crippen LogP contribution in [0.25, 0.3) is 11.4 Å². The van der Waals surface area contributed by atoms with Crippen molar-refractivity contribution in [3.05, 3.63) is 42.1 Å². The average Bonchev–Trinajstić information content (AvgIpc) is 2.92. The van der Waals surface area contributed by atoms with Crippen LogP contribution >= 0.6 is 7.60 Å². The first-order valence-corrected chi connectivity index (χ1v) is 13.8. The van der Waals surface area contributed by atoms with E-state index in [4.69, 9.17) is 9.84 Å². The number of amides is 3. The van der Waals surface area contributed by atoms with Gasteiger partial charge in [0.1, 0.15) is 17.6 Å². The van der Waals surface area contributed by atoms with E-state index < -0.39 is 37.7 Å². The van der Waals surface area contributed by atoms with Crippen LogP contribution in [0.1, 0.15) is 10.5 Å². The van der Waals surface area contributed by atoms with Gasteiger partial charge in [0.15, 0.2) is 5.82 Å². The molecule has 3 heterocycles. The minimum absolute atomic E-state index is 0.0332. The van der Waals surface area contributed by atoms with Crippen LogP contribution in [0, 0.1) is 0 Å². The highest BCUT2D eigenvalue weighted by Gasteiger charge is 2.34. The summed E-state index contributed by atoms with van der Waals surface area (Å²) in [7, 11) is -4.71. The second kappa shape index (κ2) is 11.9. The summed E-state index contributed by atoms with van der Waals surface area (Å²) in [6, 6.07) is 8.95. The first kappa shape index (κ1) is 27.5. The van der Waals surface area contributed by atoms with Gasteiger partial charge in [0.25, 0.3) is 5.91 Å². The van der Waals surface area contributed by atoms with E-state index in [-0.39, 0.29) is 37.7 Å². The minimum atomic E-state index is -4.71. The summed E-state index contributed by atoms with van der Waals surface area (Å²) in [6.07, 6.45) is -2.03. The van der Waals surface area contributed by atoms with E-state index in [0.717, 1.165) is 4.90 Å². The third kappa shape index (κ3) is 7.04. The third-order valence-electron chi connectivity index (χ3n) is 6.20. The van der Waals surface area contributed by atoms with E-state index >= 15 is 0 Å². The summed E-state index contributed by atoms with van der Waals surface area (Å²) < 4.78 is 17.2. The van der Waals surface area contributed by atoms with E-state index in [1.165, 1.54) is 11.0 Å². The standard InChI is InChI=1S/C23H29N6O8P/c30-21(25-18(15-38(34,35)36)22(31)28-6-8-29(9-7-28)23(32)33)17-14-19(27-10-12-37-13-11-27)26-20(24-17)16-4-2-1-3-5-16/h1-5,14,18H,6-13,15H2,(H,25,30)(H,32,33)(H2,34,35,36)/t18-/m0/s1. The second-order valence-electron chi connectivity index (χ2n) is 8.87. The number of piperazine rings is 1. The lowest BCUT2D eigenvalue weighted by Crippen LogP contribution is -2.56. The Balaban J connectivity index is 1.59. The van der Waals surface area contributed by atoms with E-state index in [1.807, 2.05) is 11.0 Å². The number of anilines is 1. The van der Waals surface area contributed by atoms with Crippen LogP contribution in [-0.2, 0) is 14.1 Å². The molecular weight excluding hydrogens is 519 g/mol. The summed E-state index contributed by atoms with van der Waals surface area (Å²) in [6.45, 7) is 2.24. The molecule has 1 aromatic heterocycles. The van der Waals surface area contributed by atoms with Crippen molar-refractivity contribution in [3.8, 4) is 11.4 Å². The van der Waals surface area contributed by atoms with E-state index in [0.29, 0.717) is 37.7 Å². The number of hydrogen-bond donors (Lipinski definition) is 4. The number of rotatable bonds is 7. The molecule has 0 bridgehead atoms. The van der Waals surface area contributed by atoms with Crippen LogP contribution in [0.15, 0.2) is 36.4 Å². The number of hydrogen-bond acceptors (Lipinski definition) is 8. The van der Waals surface area contributed by atoms with Crippen LogP contribution in [0.2, 0.25) is 0 Å². The molecule has 2 aliphatic rings. The van der Waals surface area contributed by atoms with Crippen molar-refractivity contribution in [1.82, 2.24) is 25.1 Å². The Hall–Kier alpha value is -3.58. The highest BCUT2D eigenvalue weighted by atomic mass is 31.2. The SMILES string of the molecule is O=C(N[C@@H](CP(=O)(O)O)C(=O)N1CCN(C(=O)O)CC1)c1cc(N2CCOCC2)nc(-c2ccccc2)n1. The zero-order valence-corrected chi connectivity index (χ0v) is 21.4. The van der Waals surface area contributed by atoms with Gasteiger partial charge in [0, 0.05) is 50.9 Å². The fourth-order valence-electron chi connectivity index (χ4n) is 4.22. The summed E-state index contributed by atoms with van der Waals surface area (Å²) >= 11 is 0. The van der Waals surface area contributed by atoms with Crippen molar-refractivity contribution >= 4 is 31.3 Å². The Kier molecular flexibility index (Phi) is 8.57. The highest BCUT2D eigenvalue weighted by Crippen LogP contribution is 2.35. The third-order valence-corrected chi connectivity index (χ3v) is 7.04. The second-order valence-corrected chi connectivity index (χ2v) is 10.6. The molecule has 38 heavy (non-hydrogen) atoms. The van der Waals surface area contributed by atoms with Crippen molar-refractivity contribution in [2.75, 3.05) is 63.5 Å². The lowest BCUT2D eigenvalue weighted by Gasteiger charge is -2.35. The van der Waals surface area contributed by atoms with Gasteiger partial charge in [-0.1, -0.05) is 30.3 Å². The van der Waals surface area contributed by atoms with E-state index in [2.05, 4.69) is 15.3 Å². The van der Waals surface area contributed by atoms with Crippen LogP contribution in [0.5, 0.6) is 0 Å². The molecule has 2 fully saturated rings. The predicted octanol–water partition coefficient (Wildman–Crippen LogP) is 0.0785. The maximum atomic E-state index is 13.3. The van der Waals surface area contributed by atoms with Crippen molar-refractivity contribution in [2.45, 2.75) is 6.04 Å². The van der Waals surface area contributed by atoms with Crippen LogP contribution < -0.4 is 10.2 Å². The van der Waals surface area contributed by atoms with Crippen LogP contribution in [0.3, 0.4) is 0 Å². The van der Waals surface area contributed by atoms with Crippen LogP contribution in [0.4, 0.5) is 10.6 Å². The molecule has 2 aromatic rings. The molecule has 4 rings (SSSR count). The maximum Gasteiger partial charge on any atom is 0.407 e. The molecule has 15 heteroatoms. The molecule has 3 amide bonds. The van der Waals surface area contributed by atoms with Gasteiger partial charge in [0.05, 0.1) is 19.4 Å².